The van der Waals surface area contributed by atoms with E-state index in [1.807, 2.05) is 13.8 Å². The predicted molar refractivity (Wildman–Crippen MR) is 61.6 cm³/mol. The number of nitrogens with zero attached hydrogens (tertiary/aromatic N) is 1. The van der Waals surface area contributed by atoms with E-state index in [2.05, 4.69) is 33.2 Å². The number of amides is 1. The maximum absolute atomic E-state index is 11.7. The van der Waals surface area contributed by atoms with E-state index < -0.39 is 0 Å². The van der Waals surface area contributed by atoms with Gasteiger partial charge in [-0.15, -0.1) is 0 Å². The SMILES string of the molecule is CC(C)C(Br)C(=O)NC1CCN(C)C1. The summed E-state index contributed by atoms with van der Waals surface area (Å²) in [5, 5.41) is 3.06. The van der Waals surface area contributed by atoms with E-state index >= 15 is 0 Å². The number of alkyl halides is 1. The second kappa shape index (κ2) is 5.12. The Morgan fingerprint density at radius 1 is 1.57 bits per heavy atom. The highest BCUT2D eigenvalue weighted by atomic mass is 79.9. The lowest BCUT2D eigenvalue weighted by atomic mass is 10.1. The van der Waals surface area contributed by atoms with Gasteiger partial charge in [-0.1, -0.05) is 29.8 Å². The van der Waals surface area contributed by atoms with Gasteiger partial charge in [-0.25, -0.2) is 0 Å². The largest absolute Gasteiger partial charge is 0.351 e. The molecule has 1 aliphatic rings. The lowest BCUT2D eigenvalue weighted by Gasteiger charge is -2.17. The number of nitrogens with one attached hydrogen (secondary N) is 1. The zero-order valence-electron chi connectivity index (χ0n) is 9.09. The van der Waals surface area contributed by atoms with Gasteiger partial charge in [0.25, 0.3) is 0 Å². The molecule has 2 unspecified atom stereocenters. The van der Waals surface area contributed by atoms with Crippen LogP contribution in [0.25, 0.3) is 0 Å². The Morgan fingerprint density at radius 3 is 2.64 bits per heavy atom. The van der Waals surface area contributed by atoms with Crippen molar-refractivity contribution in [1.82, 2.24) is 10.2 Å². The minimum Gasteiger partial charge on any atom is -0.351 e. The number of carbonyl (C=O) groups excluding carboxylic acids is 1. The molecular weight excluding hydrogens is 244 g/mol. The first-order valence-electron chi connectivity index (χ1n) is 5.13. The van der Waals surface area contributed by atoms with Crippen molar-refractivity contribution >= 4 is 21.8 Å². The van der Waals surface area contributed by atoms with Gasteiger partial charge in [0.2, 0.25) is 5.91 Å². The van der Waals surface area contributed by atoms with Gasteiger partial charge in [-0.3, -0.25) is 4.79 Å². The molecule has 1 fully saturated rings. The monoisotopic (exact) mass is 262 g/mol. The van der Waals surface area contributed by atoms with E-state index in [0.717, 1.165) is 19.5 Å². The van der Waals surface area contributed by atoms with Crippen molar-refractivity contribution in [2.24, 2.45) is 5.92 Å². The Labute approximate surface area is 94.4 Å². The summed E-state index contributed by atoms with van der Waals surface area (Å²) in [6.45, 7) is 6.14. The first-order valence-corrected chi connectivity index (χ1v) is 6.05. The van der Waals surface area contributed by atoms with Crippen molar-refractivity contribution in [1.29, 1.82) is 0 Å². The molecule has 82 valence electrons. The molecule has 1 rings (SSSR count). The predicted octanol–water partition coefficient (Wildman–Crippen LogP) is 1.23. The molecule has 1 heterocycles. The molecule has 0 aromatic carbocycles. The van der Waals surface area contributed by atoms with Crippen LogP contribution in [-0.4, -0.2) is 41.8 Å². The average molecular weight is 263 g/mol. The zero-order valence-corrected chi connectivity index (χ0v) is 10.7. The van der Waals surface area contributed by atoms with E-state index in [0.29, 0.717) is 12.0 Å². The van der Waals surface area contributed by atoms with Crippen LogP contribution in [0.5, 0.6) is 0 Å². The Kier molecular flexibility index (Phi) is 4.38. The summed E-state index contributed by atoms with van der Waals surface area (Å²) >= 11 is 3.40. The summed E-state index contributed by atoms with van der Waals surface area (Å²) in [5.41, 5.74) is 0. The fourth-order valence-electron chi connectivity index (χ4n) is 1.64. The number of hydrogen-bond acceptors (Lipinski definition) is 2. The van der Waals surface area contributed by atoms with E-state index in [1.54, 1.807) is 0 Å². The average Bonchev–Trinajstić information content (AvgIpc) is 2.49. The number of rotatable bonds is 3. The molecule has 0 bridgehead atoms. The van der Waals surface area contributed by atoms with Gasteiger partial charge in [0.05, 0.1) is 4.83 Å². The summed E-state index contributed by atoms with van der Waals surface area (Å²) in [4.78, 5) is 13.8. The molecule has 0 aromatic heterocycles. The molecule has 1 aliphatic heterocycles. The highest BCUT2D eigenvalue weighted by Gasteiger charge is 2.25. The van der Waals surface area contributed by atoms with Crippen LogP contribution >= 0.6 is 15.9 Å². The number of carbonyl (C=O) groups is 1. The number of halogens is 1. The quantitative estimate of drug-likeness (QED) is 0.777. The van der Waals surface area contributed by atoms with E-state index in [9.17, 15) is 4.79 Å². The van der Waals surface area contributed by atoms with Crippen LogP contribution in [0.2, 0.25) is 0 Å². The first kappa shape index (κ1) is 12.0. The van der Waals surface area contributed by atoms with Crippen LogP contribution < -0.4 is 5.32 Å². The van der Waals surface area contributed by atoms with Gasteiger partial charge in [-0.05, 0) is 25.9 Å². The van der Waals surface area contributed by atoms with Crippen LogP contribution in [0, 0.1) is 5.92 Å². The van der Waals surface area contributed by atoms with Crippen LogP contribution in [0.1, 0.15) is 20.3 Å². The molecule has 1 saturated heterocycles. The molecule has 0 saturated carbocycles. The van der Waals surface area contributed by atoms with Crippen molar-refractivity contribution in [3.63, 3.8) is 0 Å². The third-order valence-electron chi connectivity index (χ3n) is 2.57. The van der Waals surface area contributed by atoms with E-state index in [1.165, 1.54) is 0 Å². The zero-order chi connectivity index (χ0) is 10.7. The van der Waals surface area contributed by atoms with Gasteiger partial charge in [0, 0.05) is 12.6 Å². The fraction of sp³-hybridized carbons (Fsp3) is 0.900. The number of hydrogen-bond donors (Lipinski definition) is 1. The molecule has 0 radical (unpaired) electrons. The number of likely N-dealkylation sites (N-methyl/N-ethyl adjacent to an activating group) is 1. The Hall–Kier alpha value is -0.0900. The van der Waals surface area contributed by atoms with Crippen LogP contribution in [0.3, 0.4) is 0 Å². The first-order chi connectivity index (χ1) is 6.50. The van der Waals surface area contributed by atoms with Crippen LogP contribution in [0.4, 0.5) is 0 Å². The summed E-state index contributed by atoms with van der Waals surface area (Å²) in [5.74, 6) is 0.467. The Bertz CT molecular complexity index is 208. The molecule has 0 aromatic rings. The highest BCUT2D eigenvalue weighted by molar-refractivity contribution is 9.10. The van der Waals surface area contributed by atoms with Crippen molar-refractivity contribution in [2.45, 2.75) is 31.1 Å². The van der Waals surface area contributed by atoms with Crippen molar-refractivity contribution < 1.29 is 4.79 Å². The highest BCUT2D eigenvalue weighted by Crippen LogP contribution is 2.13. The molecule has 0 spiro atoms. The lowest BCUT2D eigenvalue weighted by molar-refractivity contribution is -0.121. The van der Waals surface area contributed by atoms with Gasteiger partial charge in [0.1, 0.15) is 0 Å². The summed E-state index contributed by atoms with van der Waals surface area (Å²) in [6, 6.07) is 0.339. The molecule has 1 N–H and O–H groups in total. The second-order valence-corrected chi connectivity index (χ2v) is 5.39. The maximum atomic E-state index is 11.7. The third kappa shape index (κ3) is 3.24. The molecule has 0 aliphatic carbocycles. The smallest absolute Gasteiger partial charge is 0.234 e. The summed E-state index contributed by atoms with van der Waals surface area (Å²) in [6.07, 6.45) is 1.07. The number of likely N-dealkylation sites (tertiary alicyclic amines) is 1. The topological polar surface area (TPSA) is 32.3 Å². The molecule has 2 atom stereocenters. The minimum absolute atomic E-state index is 0.0617. The second-order valence-electron chi connectivity index (χ2n) is 4.40. The fourth-order valence-corrected chi connectivity index (χ4v) is 1.77. The molecule has 4 heteroatoms. The Morgan fingerprint density at radius 2 is 2.21 bits per heavy atom. The third-order valence-corrected chi connectivity index (χ3v) is 4.05. The summed E-state index contributed by atoms with van der Waals surface area (Å²) in [7, 11) is 2.08. The van der Waals surface area contributed by atoms with Crippen molar-refractivity contribution in [2.75, 3.05) is 20.1 Å². The molecule has 1 amide bonds. The van der Waals surface area contributed by atoms with Gasteiger partial charge >= 0.3 is 0 Å². The molecule has 3 nitrogen and oxygen atoms in total. The van der Waals surface area contributed by atoms with Gasteiger partial charge in [0.15, 0.2) is 0 Å². The van der Waals surface area contributed by atoms with E-state index in [4.69, 9.17) is 0 Å². The van der Waals surface area contributed by atoms with Crippen LogP contribution in [-0.2, 0) is 4.79 Å². The lowest BCUT2D eigenvalue weighted by Crippen LogP contribution is -2.42. The molecular formula is C10H19BrN2O. The van der Waals surface area contributed by atoms with Crippen molar-refractivity contribution in [3.05, 3.63) is 0 Å². The van der Waals surface area contributed by atoms with Crippen LogP contribution in [0.15, 0.2) is 0 Å². The normalized spacial score (nSPS) is 25.4. The van der Waals surface area contributed by atoms with E-state index in [-0.39, 0.29) is 10.7 Å². The Balaban J connectivity index is 2.33. The standard InChI is InChI=1S/C10H19BrN2O/c1-7(2)9(11)10(14)12-8-4-5-13(3)6-8/h7-9H,4-6H2,1-3H3,(H,12,14). The van der Waals surface area contributed by atoms with Crippen molar-refractivity contribution in [3.8, 4) is 0 Å². The minimum atomic E-state index is -0.0617. The molecule has 14 heavy (non-hydrogen) atoms. The maximum Gasteiger partial charge on any atom is 0.234 e. The van der Waals surface area contributed by atoms with Gasteiger partial charge in [-0.2, -0.15) is 0 Å². The van der Waals surface area contributed by atoms with Gasteiger partial charge < -0.3 is 10.2 Å². The summed E-state index contributed by atoms with van der Waals surface area (Å²) < 4.78 is 0.